The Morgan fingerprint density at radius 3 is 2.68 bits per heavy atom. The second kappa shape index (κ2) is 9.56. The van der Waals surface area contributed by atoms with Crippen molar-refractivity contribution in [3.63, 3.8) is 0 Å². The maximum atomic E-state index is 11.9. The third-order valence-electron chi connectivity index (χ3n) is 3.66. The number of aryl methyl sites for hydroxylation is 2. The molecule has 7 heteroatoms. The van der Waals surface area contributed by atoms with Gasteiger partial charge in [-0.05, 0) is 38.0 Å². The van der Waals surface area contributed by atoms with Crippen LogP contribution in [-0.4, -0.2) is 36.1 Å². The molecule has 0 saturated carbocycles. The van der Waals surface area contributed by atoms with Crippen LogP contribution in [0.4, 0.5) is 0 Å². The summed E-state index contributed by atoms with van der Waals surface area (Å²) < 4.78 is 7.18. The van der Waals surface area contributed by atoms with Gasteiger partial charge in [0.05, 0.1) is 12.8 Å². The van der Waals surface area contributed by atoms with Gasteiger partial charge in [-0.25, -0.2) is 4.99 Å². The van der Waals surface area contributed by atoms with Gasteiger partial charge >= 0.3 is 0 Å². The summed E-state index contributed by atoms with van der Waals surface area (Å²) in [5.41, 5.74) is 2.01. The number of amides is 1. The molecular formula is C18H27N5O2. The van der Waals surface area contributed by atoms with Gasteiger partial charge in [0.25, 0.3) is 5.91 Å². The monoisotopic (exact) mass is 345 g/mol. The van der Waals surface area contributed by atoms with Crippen molar-refractivity contribution in [3.8, 4) is 0 Å². The van der Waals surface area contributed by atoms with Crippen molar-refractivity contribution in [2.24, 2.45) is 12.0 Å². The number of aliphatic imine (C=N–C) groups is 1. The third-order valence-corrected chi connectivity index (χ3v) is 3.66. The highest BCUT2D eigenvalue weighted by molar-refractivity contribution is 5.92. The molecule has 0 saturated heterocycles. The quantitative estimate of drug-likeness (QED) is 0.387. The standard InChI is InChI=1S/C18H27N5O2/c1-4-19-18(22-12-15-6-10-23(3)13-15)21-9-5-8-20-17(24)16-14(2)7-11-25-16/h6-7,10-11,13H,4-5,8-9,12H2,1-3H3,(H,20,24)(H2,19,21,22). The van der Waals surface area contributed by atoms with Gasteiger partial charge in [-0.3, -0.25) is 4.79 Å². The zero-order valence-corrected chi connectivity index (χ0v) is 15.1. The zero-order valence-electron chi connectivity index (χ0n) is 15.1. The highest BCUT2D eigenvalue weighted by Gasteiger charge is 2.11. The Morgan fingerprint density at radius 1 is 1.24 bits per heavy atom. The number of nitrogens with zero attached hydrogens (tertiary/aromatic N) is 2. The molecule has 2 rings (SSSR count). The fraction of sp³-hybridized carbons (Fsp3) is 0.444. The number of furan rings is 1. The molecule has 0 radical (unpaired) electrons. The van der Waals surface area contributed by atoms with Crippen LogP contribution in [0.5, 0.6) is 0 Å². The van der Waals surface area contributed by atoms with Gasteiger partial charge in [-0.15, -0.1) is 0 Å². The fourth-order valence-electron chi connectivity index (χ4n) is 2.35. The molecule has 25 heavy (non-hydrogen) atoms. The Kier molecular flexibility index (Phi) is 7.13. The van der Waals surface area contributed by atoms with Crippen molar-refractivity contribution >= 4 is 11.9 Å². The molecule has 0 aliphatic heterocycles. The maximum absolute atomic E-state index is 11.9. The highest BCUT2D eigenvalue weighted by atomic mass is 16.3. The molecule has 0 aliphatic carbocycles. The summed E-state index contributed by atoms with van der Waals surface area (Å²) in [6.45, 7) is 6.61. The molecule has 0 aromatic carbocycles. The van der Waals surface area contributed by atoms with E-state index in [9.17, 15) is 4.79 Å². The van der Waals surface area contributed by atoms with Gasteiger partial charge in [0, 0.05) is 44.6 Å². The van der Waals surface area contributed by atoms with Crippen molar-refractivity contribution in [3.05, 3.63) is 47.7 Å². The van der Waals surface area contributed by atoms with Crippen LogP contribution in [0.1, 0.15) is 35.0 Å². The van der Waals surface area contributed by atoms with Crippen molar-refractivity contribution in [1.82, 2.24) is 20.5 Å². The Morgan fingerprint density at radius 2 is 2.04 bits per heavy atom. The molecule has 0 bridgehead atoms. The SMILES string of the molecule is CCNC(=NCc1ccn(C)c1)NCCCNC(=O)c1occc1C. The van der Waals surface area contributed by atoms with Crippen LogP contribution in [0, 0.1) is 6.92 Å². The van der Waals surface area contributed by atoms with Crippen molar-refractivity contribution in [2.75, 3.05) is 19.6 Å². The first-order valence-electron chi connectivity index (χ1n) is 8.55. The first kappa shape index (κ1) is 18.6. The largest absolute Gasteiger partial charge is 0.459 e. The summed E-state index contributed by atoms with van der Waals surface area (Å²) in [6.07, 6.45) is 6.38. The van der Waals surface area contributed by atoms with Gasteiger partial charge < -0.3 is 24.9 Å². The summed E-state index contributed by atoms with van der Waals surface area (Å²) in [4.78, 5) is 16.5. The summed E-state index contributed by atoms with van der Waals surface area (Å²) in [7, 11) is 2.00. The summed E-state index contributed by atoms with van der Waals surface area (Å²) in [5.74, 6) is 0.984. The van der Waals surface area contributed by atoms with Crippen LogP contribution in [-0.2, 0) is 13.6 Å². The number of carbonyl (C=O) groups is 1. The molecule has 2 heterocycles. The second-order valence-corrected chi connectivity index (χ2v) is 5.85. The number of guanidine groups is 1. The highest BCUT2D eigenvalue weighted by Crippen LogP contribution is 2.07. The smallest absolute Gasteiger partial charge is 0.287 e. The van der Waals surface area contributed by atoms with E-state index >= 15 is 0 Å². The van der Waals surface area contributed by atoms with E-state index in [4.69, 9.17) is 4.42 Å². The first-order chi connectivity index (χ1) is 12.1. The van der Waals surface area contributed by atoms with Gasteiger partial charge in [0.1, 0.15) is 0 Å². The van der Waals surface area contributed by atoms with Crippen molar-refractivity contribution in [2.45, 2.75) is 26.8 Å². The van der Waals surface area contributed by atoms with E-state index in [1.807, 2.05) is 31.7 Å². The van der Waals surface area contributed by atoms with Gasteiger partial charge in [-0.1, -0.05) is 0 Å². The van der Waals surface area contributed by atoms with Crippen LogP contribution < -0.4 is 16.0 Å². The number of hydrogen-bond donors (Lipinski definition) is 3. The Bertz CT molecular complexity index is 702. The van der Waals surface area contributed by atoms with Crippen LogP contribution in [0.15, 0.2) is 40.2 Å². The van der Waals surface area contributed by atoms with E-state index in [0.717, 1.165) is 31.0 Å². The van der Waals surface area contributed by atoms with Gasteiger partial charge in [0.15, 0.2) is 11.7 Å². The molecule has 0 spiro atoms. The van der Waals surface area contributed by atoms with Crippen LogP contribution in [0.2, 0.25) is 0 Å². The number of aromatic nitrogens is 1. The summed E-state index contributed by atoms with van der Waals surface area (Å²) in [5, 5.41) is 9.35. The fourth-order valence-corrected chi connectivity index (χ4v) is 2.35. The minimum Gasteiger partial charge on any atom is -0.459 e. The zero-order chi connectivity index (χ0) is 18.1. The van der Waals surface area contributed by atoms with Crippen LogP contribution in [0.3, 0.4) is 0 Å². The predicted molar refractivity (Wildman–Crippen MR) is 98.6 cm³/mol. The van der Waals surface area contributed by atoms with Gasteiger partial charge in [-0.2, -0.15) is 0 Å². The number of hydrogen-bond acceptors (Lipinski definition) is 3. The van der Waals surface area contributed by atoms with Crippen molar-refractivity contribution < 1.29 is 9.21 Å². The minimum atomic E-state index is -0.174. The van der Waals surface area contributed by atoms with E-state index < -0.39 is 0 Å². The number of nitrogens with one attached hydrogen (secondary N) is 3. The van der Waals surface area contributed by atoms with Gasteiger partial charge in [0.2, 0.25) is 0 Å². The number of carbonyl (C=O) groups excluding carboxylic acids is 1. The molecule has 1 amide bonds. The normalized spacial score (nSPS) is 11.4. The lowest BCUT2D eigenvalue weighted by molar-refractivity contribution is 0.0925. The number of rotatable bonds is 8. The molecule has 136 valence electrons. The summed E-state index contributed by atoms with van der Waals surface area (Å²) >= 11 is 0. The lowest BCUT2D eigenvalue weighted by Gasteiger charge is -2.11. The first-order valence-corrected chi connectivity index (χ1v) is 8.55. The second-order valence-electron chi connectivity index (χ2n) is 5.85. The molecular weight excluding hydrogens is 318 g/mol. The topological polar surface area (TPSA) is 83.6 Å². The van der Waals surface area contributed by atoms with E-state index in [1.165, 1.54) is 11.8 Å². The molecule has 2 aromatic rings. The molecule has 0 unspecified atom stereocenters. The average molecular weight is 345 g/mol. The lowest BCUT2D eigenvalue weighted by Crippen LogP contribution is -2.38. The van der Waals surface area contributed by atoms with Crippen LogP contribution >= 0.6 is 0 Å². The Balaban J connectivity index is 1.70. The molecule has 0 atom stereocenters. The molecule has 3 N–H and O–H groups in total. The third kappa shape index (κ3) is 6.02. The van der Waals surface area contributed by atoms with E-state index in [2.05, 4.69) is 33.2 Å². The van der Waals surface area contributed by atoms with E-state index in [-0.39, 0.29) is 5.91 Å². The Hall–Kier alpha value is -2.70. The minimum absolute atomic E-state index is 0.174. The summed E-state index contributed by atoms with van der Waals surface area (Å²) in [6, 6.07) is 3.83. The molecule has 0 fully saturated rings. The van der Waals surface area contributed by atoms with Crippen molar-refractivity contribution in [1.29, 1.82) is 0 Å². The molecule has 0 aliphatic rings. The van der Waals surface area contributed by atoms with E-state index in [1.54, 1.807) is 6.07 Å². The van der Waals surface area contributed by atoms with Crippen LogP contribution in [0.25, 0.3) is 0 Å². The maximum Gasteiger partial charge on any atom is 0.287 e. The predicted octanol–water partition coefficient (Wildman–Crippen LogP) is 1.80. The average Bonchev–Trinajstić information content (AvgIpc) is 3.20. The molecule has 2 aromatic heterocycles. The lowest BCUT2D eigenvalue weighted by atomic mass is 10.2. The Labute approximate surface area is 148 Å². The van der Waals surface area contributed by atoms with E-state index in [0.29, 0.717) is 18.8 Å². The molecule has 7 nitrogen and oxygen atoms in total.